The molecule has 16 heavy (non-hydrogen) atoms. The fraction of sp³-hybridized carbons (Fsp3) is 0.400. The third-order valence-electron chi connectivity index (χ3n) is 2.19. The van der Waals surface area contributed by atoms with Gasteiger partial charge < -0.3 is 15.8 Å². The molecule has 0 spiro atoms. The first-order valence-electron chi connectivity index (χ1n) is 5.11. The standard InChI is InChI=1S/C10H15N5O/c1-16-5-4-12-9-2-3-10-13-8(6-11)7-15(10)14-9/h2-3,7H,4-6,11H2,1H3,(H,12,14). The van der Waals surface area contributed by atoms with E-state index in [0.717, 1.165) is 23.7 Å². The van der Waals surface area contributed by atoms with E-state index in [1.807, 2.05) is 18.3 Å². The van der Waals surface area contributed by atoms with Crippen LogP contribution < -0.4 is 11.1 Å². The molecule has 0 unspecified atom stereocenters. The lowest BCUT2D eigenvalue weighted by molar-refractivity contribution is 0.210. The van der Waals surface area contributed by atoms with Gasteiger partial charge in [0, 0.05) is 20.2 Å². The van der Waals surface area contributed by atoms with Gasteiger partial charge >= 0.3 is 0 Å². The van der Waals surface area contributed by atoms with Crippen LogP contribution in [-0.4, -0.2) is 34.9 Å². The zero-order valence-corrected chi connectivity index (χ0v) is 9.18. The molecule has 2 aromatic heterocycles. The number of rotatable bonds is 5. The van der Waals surface area contributed by atoms with E-state index in [2.05, 4.69) is 15.4 Å². The van der Waals surface area contributed by atoms with Crippen molar-refractivity contribution in [3.63, 3.8) is 0 Å². The molecule has 2 rings (SSSR count). The smallest absolute Gasteiger partial charge is 0.153 e. The highest BCUT2D eigenvalue weighted by molar-refractivity contribution is 5.45. The predicted octanol–water partition coefficient (Wildman–Crippen LogP) is 0.246. The van der Waals surface area contributed by atoms with Crippen molar-refractivity contribution in [1.29, 1.82) is 0 Å². The molecule has 86 valence electrons. The molecule has 0 atom stereocenters. The summed E-state index contributed by atoms with van der Waals surface area (Å²) in [7, 11) is 1.67. The topological polar surface area (TPSA) is 77.5 Å². The van der Waals surface area contributed by atoms with Gasteiger partial charge in [-0.3, -0.25) is 0 Å². The number of hydrogen-bond donors (Lipinski definition) is 2. The van der Waals surface area contributed by atoms with Crippen LogP contribution in [0.5, 0.6) is 0 Å². The van der Waals surface area contributed by atoms with Crippen molar-refractivity contribution in [2.75, 3.05) is 25.6 Å². The Hall–Kier alpha value is -1.66. The molecule has 0 saturated heterocycles. The number of fused-ring (bicyclic) bond motifs is 1. The Bertz CT molecular complexity index is 467. The van der Waals surface area contributed by atoms with E-state index in [1.54, 1.807) is 11.6 Å². The summed E-state index contributed by atoms with van der Waals surface area (Å²) in [6.07, 6.45) is 1.83. The highest BCUT2D eigenvalue weighted by Gasteiger charge is 2.01. The lowest BCUT2D eigenvalue weighted by atomic mass is 10.5. The molecule has 0 aromatic carbocycles. The fourth-order valence-electron chi connectivity index (χ4n) is 1.40. The van der Waals surface area contributed by atoms with Gasteiger partial charge in [-0.2, -0.15) is 0 Å². The largest absolute Gasteiger partial charge is 0.383 e. The van der Waals surface area contributed by atoms with Gasteiger partial charge in [-0.1, -0.05) is 0 Å². The molecule has 6 heteroatoms. The van der Waals surface area contributed by atoms with E-state index >= 15 is 0 Å². The highest BCUT2D eigenvalue weighted by Crippen LogP contribution is 2.07. The average Bonchev–Trinajstić information content (AvgIpc) is 2.71. The van der Waals surface area contributed by atoms with Gasteiger partial charge in [0.05, 0.1) is 18.5 Å². The second-order valence-electron chi connectivity index (χ2n) is 3.38. The van der Waals surface area contributed by atoms with Gasteiger partial charge in [-0.15, -0.1) is 5.10 Å². The minimum absolute atomic E-state index is 0.426. The lowest BCUT2D eigenvalue weighted by Gasteiger charge is -2.04. The maximum Gasteiger partial charge on any atom is 0.153 e. The molecule has 0 saturated carbocycles. The van der Waals surface area contributed by atoms with Crippen molar-refractivity contribution in [2.24, 2.45) is 5.73 Å². The minimum Gasteiger partial charge on any atom is -0.383 e. The third kappa shape index (κ3) is 2.29. The molecule has 0 aliphatic heterocycles. The predicted molar refractivity (Wildman–Crippen MR) is 61.2 cm³/mol. The van der Waals surface area contributed by atoms with E-state index in [1.165, 1.54) is 0 Å². The molecule has 0 fully saturated rings. The van der Waals surface area contributed by atoms with Crippen LogP contribution in [0.25, 0.3) is 5.65 Å². The molecular formula is C10H15N5O. The molecule has 3 N–H and O–H groups in total. The maximum atomic E-state index is 5.51. The molecule has 0 bridgehead atoms. The molecule has 0 aliphatic rings. The summed E-state index contributed by atoms with van der Waals surface area (Å²) in [6.45, 7) is 1.81. The summed E-state index contributed by atoms with van der Waals surface area (Å²) in [5.74, 6) is 0.797. The molecular weight excluding hydrogens is 206 g/mol. The molecule has 6 nitrogen and oxygen atoms in total. The van der Waals surface area contributed by atoms with Gasteiger partial charge in [0.15, 0.2) is 5.65 Å². The number of ether oxygens (including phenoxy) is 1. The van der Waals surface area contributed by atoms with Crippen LogP contribution in [0.2, 0.25) is 0 Å². The second kappa shape index (κ2) is 4.91. The van der Waals surface area contributed by atoms with Crippen molar-refractivity contribution < 1.29 is 4.74 Å². The van der Waals surface area contributed by atoms with E-state index in [-0.39, 0.29) is 0 Å². The first-order chi connectivity index (χ1) is 7.83. The number of imidazole rings is 1. The van der Waals surface area contributed by atoms with Crippen molar-refractivity contribution in [1.82, 2.24) is 14.6 Å². The summed E-state index contributed by atoms with van der Waals surface area (Å²) in [5.41, 5.74) is 7.15. The lowest BCUT2D eigenvalue weighted by Crippen LogP contribution is -2.09. The van der Waals surface area contributed by atoms with Crippen LogP contribution in [0.15, 0.2) is 18.3 Å². The third-order valence-corrected chi connectivity index (χ3v) is 2.19. The van der Waals surface area contributed by atoms with Gasteiger partial charge in [0.2, 0.25) is 0 Å². The normalized spacial score (nSPS) is 10.9. The van der Waals surface area contributed by atoms with E-state index in [0.29, 0.717) is 13.2 Å². The van der Waals surface area contributed by atoms with Crippen molar-refractivity contribution in [2.45, 2.75) is 6.54 Å². The Morgan fingerprint density at radius 2 is 2.38 bits per heavy atom. The van der Waals surface area contributed by atoms with E-state index in [9.17, 15) is 0 Å². The zero-order chi connectivity index (χ0) is 11.4. The van der Waals surface area contributed by atoms with Crippen LogP contribution >= 0.6 is 0 Å². The summed E-state index contributed by atoms with van der Waals surface area (Å²) >= 11 is 0. The number of nitrogens with zero attached hydrogens (tertiary/aromatic N) is 3. The summed E-state index contributed by atoms with van der Waals surface area (Å²) in [6, 6.07) is 3.79. The zero-order valence-electron chi connectivity index (χ0n) is 9.18. The first-order valence-corrected chi connectivity index (χ1v) is 5.11. The fourth-order valence-corrected chi connectivity index (χ4v) is 1.40. The number of nitrogens with one attached hydrogen (secondary N) is 1. The van der Waals surface area contributed by atoms with Crippen LogP contribution in [0.4, 0.5) is 5.82 Å². The second-order valence-corrected chi connectivity index (χ2v) is 3.38. The Morgan fingerprint density at radius 1 is 1.50 bits per heavy atom. The Morgan fingerprint density at radius 3 is 3.12 bits per heavy atom. The number of methoxy groups -OCH3 is 1. The number of hydrogen-bond acceptors (Lipinski definition) is 5. The van der Waals surface area contributed by atoms with Crippen molar-refractivity contribution in [3.05, 3.63) is 24.0 Å². The van der Waals surface area contributed by atoms with Crippen LogP contribution in [0, 0.1) is 0 Å². The Labute approximate surface area is 93.4 Å². The quantitative estimate of drug-likeness (QED) is 0.707. The number of nitrogens with two attached hydrogens (primary N) is 1. The Balaban J connectivity index is 2.15. The van der Waals surface area contributed by atoms with Crippen molar-refractivity contribution in [3.8, 4) is 0 Å². The van der Waals surface area contributed by atoms with Gasteiger partial charge in [0.25, 0.3) is 0 Å². The first kappa shape index (κ1) is 10.8. The molecule has 0 aliphatic carbocycles. The highest BCUT2D eigenvalue weighted by atomic mass is 16.5. The van der Waals surface area contributed by atoms with Crippen LogP contribution in [-0.2, 0) is 11.3 Å². The Kier molecular flexibility index (Phi) is 3.33. The summed E-state index contributed by atoms with van der Waals surface area (Å²) < 4.78 is 6.67. The van der Waals surface area contributed by atoms with Gasteiger partial charge in [0.1, 0.15) is 5.82 Å². The van der Waals surface area contributed by atoms with E-state index in [4.69, 9.17) is 10.5 Å². The van der Waals surface area contributed by atoms with Crippen molar-refractivity contribution >= 4 is 11.5 Å². The summed E-state index contributed by atoms with van der Waals surface area (Å²) in [4.78, 5) is 4.29. The molecule has 2 heterocycles. The monoisotopic (exact) mass is 221 g/mol. The average molecular weight is 221 g/mol. The maximum absolute atomic E-state index is 5.51. The SMILES string of the molecule is COCCNc1ccc2nc(CN)cn2n1. The van der Waals surface area contributed by atoms with Gasteiger partial charge in [-0.05, 0) is 12.1 Å². The van der Waals surface area contributed by atoms with Crippen LogP contribution in [0.3, 0.4) is 0 Å². The number of aromatic nitrogens is 3. The number of anilines is 1. The summed E-state index contributed by atoms with van der Waals surface area (Å²) in [5, 5.41) is 7.50. The van der Waals surface area contributed by atoms with Gasteiger partial charge in [-0.25, -0.2) is 9.50 Å². The van der Waals surface area contributed by atoms with Crippen LogP contribution in [0.1, 0.15) is 5.69 Å². The van der Waals surface area contributed by atoms with E-state index < -0.39 is 0 Å². The minimum atomic E-state index is 0.426. The molecule has 0 amide bonds. The molecule has 2 aromatic rings. The molecule has 0 radical (unpaired) electrons.